The van der Waals surface area contributed by atoms with Gasteiger partial charge in [0.05, 0.1) is 6.54 Å². The van der Waals surface area contributed by atoms with Crippen molar-refractivity contribution in [2.75, 3.05) is 0 Å². The lowest BCUT2D eigenvalue weighted by Crippen LogP contribution is -2.30. The van der Waals surface area contributed by atoms with E-state index < -0.39 is 16.9 Å². The molecule has 0 spiro atoms. The molecule has 0 amide bonds. The monoisotopic (exact) mass is 228 g/mol. The topological polar surface area (TPSA) is 124 Å². The summed E-state index contributed by atoms with van der Waals surface area (Å²) in [6, 6.07) is -0.928. The van der Waals surface area contributed by atoms with Gasteiger partial charge in [-0.3, -0.25) is 4.79 Å². The summed E-state index contributed by atoms with van der Waals surface area (Å²) in [7, 11) is 0. The van der Waals surface area contributed by atoms with Gasteiger partial charge in [-0.25, -0.2) is 4.57 Å². The smallest absolute Gasteiger partial charge is 0.434 e. The SMILES string of the molecule is NC(CCCn1ccnc1[N+](=O)[O-])C(=O)O. The summed E-state index contributed by atoms with van der Waals surface area (Å²) in [5, 5.41) is 19.0. The highest BCUT2D eigenvalue weighted by Gasteiger charge is 2.15. The molecule has 0 aliphatic heterocycles. The van der Waals surface area contributed by atoms with Gasteiger partial charge in [-0.1, -0.05) is 4.98 Å². The van der Waals surface area contributed by atoms with E-state index in [1.165, 1.54) is 17.0 Å². The summed E-state index contributed by atoms with van der Waals surface area (Å²) < 4.78 is 1.36. The number of carbonyl (C=O) groups is 1. The Kier molecular flexibility index (Phi) is 3.95. The predicted molar refractivity (Wildman–Crippen MR) is 53.7 cm³/mol. The van der Waals surface area contributed by atoms with Crippen molar-refractivity contribution < 1.29 is 14.8 Å². The van der Waals surface area contributed by atoms with Crippen molar-refractivity contribution in [2.45, 2.75) is 25.4 Å². The Morgan fingerprint density at radius 1 is 1.75 bits per heavy atom. The molecule has 0 bridgehead atoms. The number of rotatable bonds is 6. The zero-order chi connectivity index (χ0) is 12.1. The third kappa shape index (κ3) is 3.02. The van der Waals surface area contributed by atoms with Crippen LogP contribution in [0.15, 0.2) is 12.4 Å². The number of nitrogens with two attached hydrogens (primary N) is 1. The van der Waals surface area contributed by atoms with Crippen LogP contribution in [0.5, 0.6) is 0 Å². The van der Waals surface area contributed by atoms with E-state index in [2.05, 4.69) is 4.98 Å². The van der Waals surface area contributed by atoms with Crippen LogP contribution in [0.1, 0.15) is 12.8 Å². The molecular weight excluding hydrogens is 216 g/mol. The van der Waals surface area contributed by atoms with Crippen molar-refractivity contribution in [3.8, 4) is 0 Å². The van der Waals surface area contributed by atoms with Crippen LogP contribution in [0.2, 0.25) is 0 Å². The Balaban J connectivity index is 2.46. The highest BCUT2D eigenvalue weighted by Crippen LogP contribution is 2.09. The Morgan fingerprint density at radius 2 is 2.44 bits per heavy atom. The Hall–Kier alpha value is -1.96. The van der Waals surface area contributed by atoms with E-state index in [0.717, 1.165) is 0 Å². The molecule has 1 aromatic heterocycles. The zero-order valence-corrected chi connectivity index (χ0v) is 8.44. The standard InChI is InChI=1S/C8H12N4O4/c9-6(7(13)14)2-1-4-11-5-3-10-8(11)12(15)16/h3,5-6H,1-2,4,9H2,(H,13,14). The Bertz CT molecular complexity index is 389. The third-order valence-electron chi connectivity index (χ3n) is 2.09. The third-order valence-corrected chi connectivity index (χ3v) is 2.09. The fraction of sp³-hybridized carbons (Fsp3) is 0.500. The molecule has 1 unspecified atom stereocenters. The molecule has 0 saturated heterocycles. The molecule has 8 nitrogen and oxygen atoms in total. The fourth-order valence-electron chi connectivity index (χ4n) is 1.25. The van der Waals surface area contributed by atoms with Crippen LogP contribution in [0, 0.1) is 10.1 Å². The maximum absolute atomic E-state index is 10.5. The highest BCUT2D eigenvalue weighted by molar-refractivity contribution is 5.72. The van der Waals surface area contributed by atoms with E-state index in [9.17, 15) is 14.9 Å². The Morgan fingerprint density at radius 3 is 3.00 bits per heavy atom. The molecule has 0 fully saturated rings. The molecule has 3 N–H and O–H groups in total. The molecule has 0 saturated carbocycles. The van der Waals surface area contributed by atoms with E-state index >= 15 is 0 Å². The first-order valence-electron chi connectivity index (χ1n) is 4.66. The van der Waals surface area contributed by atoms with Gasteiger partial charge in [0.25, 0.3) is 0 Å². The van der Waals surface area contributed by atoms with E-state index in [0.29, 0.717) is 13.0 Å². The van der Waals surface area contributed by atoms with Gasteiger partial charge < -0.3 is 21.0 Å². The van der Waals surface area contributed by atoms with Crippen LogP contribution in [-0.2, 0) is 11.3 Å². The normalized spacial score (nSPS) is 12.3. The lowest BCUT2D eigenvalue weighted by Gasteiger charge is -2.05. The lowest BCUT2D eigenvalue weighted by molar-refractivity contribution is -0.396. The van der Waals surface area contributed by atoms with Crippen LogP contribution >= 0.6 is 0 Å². The maximum atomic E-state index is 10.5. The summed E-state index contributed by atoms with van der Waals surface area (Å²) in [6.07, 6.45) is 3.52. The summed E-state index contributed by atoms with van der Waals surface area (Å²) in [5.41, 5.74) is 5.30. The van der Waals surface area contributed by atoms with Gasteiger partial charge in [-0.2, -0.15) is 0 Å². The minimum Gasteiger partial charge on any atom is -0.480 e. The van der Waals surface area contributed by atoms with Crippen molar-refractivity contribution in [3.63, 3.8) is 0 Å². The van der Waals surface area contributed by atoms with E-state index in [4.69, 9.17) is 10.8 Å². The number of aromatic nitrogens is 2. The minimum absolute atomic E-state index is 0.246. The number of nitro groups is 1. The number of aliphatic carboxylic acids is 1. The van der Waals surface area contributed by atoms with Crippen molar-refractivity contribution >= 4 is 11.9 Å². The quantitative estimate of drug-likeness (QED) is 0.520. The summed E-state index contributed by atoms with van der Waals surface area (Å²) in [4.78, 5) is 23.9. The van der Waals surface area contributed by atoms with Crippen LogP contribution in [0.4, 0.5) is 5.95 Å². The largest absolute Gasteiger partial charge is 0.480 e. The van der Waals surface area contributed by atoms with Gasteiger partial charge >= 0.3 is 11.9 Å². The maximum Gasteiger partial charge on any atom is 0.434 e. The van der Waals surface area contributed by atoms with Gasteiger partial charge in [-0.15, -0.1) is 0 Å². The molecular formula is C8H12N4O4. The number of carboxylic acid groups (broad SMARTS) is 1. The van der Waals surface area contributed by atoms with Crippen molar-refractivity contribution in [1.29, 1.82) is 0 Å². The predicted octanol–water partition coefficient (Wildman–Crippen LogP) is -0.0166. The molecule has 1 atom stereocenters. The summed E-state index contributed by atoms with van der Waals surface area (Å²) >= 11 is 0. The van der Waals surface area contributed by atoms with Crippen molar-refractivity contribution in [1.82, 2.24) is 9.55 Å². The van der Waals surface area contributed by atoms with E-state index in [1.54, 1.807) is 0 Å². The lowest BCUT2D eigenvalue weighted by atomic mass is 10.2. The average molecular weight is 228 g/mol. The van der Waals surface area contributed by atoms with Gasteiger partial charge in [0, 0.05) is 0 Å². The number of nitrogens with zero attached hydrogens (tertiary/aromatic N) is 3. The second-order valence-corrected chi connectivity index (χ2v) is 3.26. The van der Waals surface area contributed by atoms with Gasteiger partial charge in [0.15, 0.2) is 0 Å². The van der Waals surface area contributed by atoms with Crippen LogP contribution in [0.3, 0.4) is 0 Å². The average Bonchev–Trinajstić information content (AvgIpc) is 2.65. The number of imidazole rings is 1. The second kappa shape index (κ2) is 5.21. The first kappa shape index (κ1) is 12.1. The minimum atomic E-state index is -1.07. The number of hydrogen-bond acceptors (Lipinski definition) is 5. The number of hydrogen-bond donors (Lipinski definition) is 2. The zero-order valence-electron chi connectivity index (χ0n) is 8.44. The molecule has 1 heterocycles. The summed E-state index contributed by atoms with van der Waals surface area (Å²) in [6.45, 7) is 0.331. The molecule has 16 heavy (non-hydrogen) atoms. The van der Waals surface area contributed by atoms with Gasteiger partial charge in [-0.05, 0) is 17.8 Å². The Labute approximate surface area is 90.8 Å². The molecule has 0 aliphatic carbocycles. The van der Waals surface area contributed by atoms with Crippen molar-refractivity contribution in [3.05, 3.63) is 22.5 Å². The van der Waals surface area contributed by atoms with Crippen LogP contribution < -0.4 is 5.73 Å². The van der Waals surface area contributed by atoms with E-state index in [-0.39, 0.29) is 12.4 Å². The van der Waals surface area contributed by atoms with Crippen LogP contribution in [0.25, 0.3) is 0 Å². The summed E-state index contributed by atoms with van der Waals surface area (Å²) in [5.74, 6) is -1.32. The molecule has 0 radical (unpaired) electrons. The first-order chi connectivity index (χ1) is 7.52. The molecule has 1 rings (SSSR count). The van der Waals surface area contributed by atoms with E-state index in [1.807, 2.05) is 0 Å². The van der Waals surface area contributed by atoms with Gasteiger partial charge in [0.2, 0.25) is 0 Å². The van der Waals surface area contributed by atoms with Crippen molar-refractivity contribution in [2.24, 2.45) is 5.73 Å². The number of aryl methyl sites for hydroxylation is 1. The highest BCUT2D eigenvalue weighted by atomic mass is 16.6. The van der Waals surface area contributed by atoms with Crippen LogP contribution in [-0.4, -0.2) is 31.6 Å². The molecule has 88 valence electrons. The fourth-order valence-corrected chi connectivity index (χ4v) is 1.25. The number of carboxylic acids is 1. The second-order valence-electron chi connectivity index (χ2n) is 3.26. The first-order valence-corrected chi connectivity index (χ1v) is 4.66. The van der Waals surface area contributed by atoms with Gasteiger partial charge in [0.1, 0.15) is 18.4 Å². The molecule has 8 heteroatoms. The molecule has 1 aromatic rings. The molecule has 0 aliphatic rings. The molecule has 0 aromatic carbocycles.